The average Bonchev–Trinajstić information content (AvgIpc) is 2.62. The van der Waals surface area contributed by atoms with Crippen molar-refractivity contribution in [1.82, 2.24) is 5.43 Å². The molecule has 1 amide bonds. The highest BCUT2D eigenvalue weighted by Gasteiger charge is 2.10. The van der Waals surface area contributed by atoms with Crippen molar-refractivity contribution in [2.24, 2.45) is 5.10 Å². The number of phenolic OH excluding ortho intramolecular Hbond substituents is 1. The van der Waals surface area contributed by atoms with Crippen LogP contribution in [0.2, 0.25) is 5.02 Å². The highest BCUT2D eigenvalue weighted by molar-refractivity contribution is 6.32. The molecule has 0 fully saturated rings. The van der Waals surface area contributed by atoms with Gasteiger partial charge in [0, 0.05) is 5.56 Å². The Kier molecular flexibility index (Phi) is 6.65. The molecule has 7 heteroatoms. The SMILES string of the molecule is CCCOc1ccc(C(=O)N/N=C/c2ccc(O)c(Cl)c2)cc1OC. The topological polar surface area (TPSA) is 80.2 Å². The van der Waals surface area contributed by atoms with Gasteiger partial charge in [-0.1, -0.05) is 18.5 Å². The number of hydrazone groups is 1. The van der Waals surface area contributed by atoms with Crippen LogP contribution < -0.4 is 14.9 Å². The van der Waals surface area contributed by atoms with Crippen molar-refractivity contribution in [3.05, 3.63) is 52.5 Å². The Balaban J connectivity index is 2.04. The number of carbonyl (C=O) groups is 1. The van der Waals surface area contributed by atoms with E-state index in [2.05, 4.69) is 10.5 Å². The molecule has 0 bridgehead atoms. The zero-order valence-corrected chi connectivity index (χ0v) is 14.7. The second-order valence-corrected chi connectivity index (χ2v) is 5.53. The summed E-state index contributed by atoms with van der Waals surface area (Å²) in [6.07, 6.45) is 2.31. The number of carbonyl (C=O) groups excluding carboxylic acids is 1. The van der Waals surface area contributed by atoms with Crippen LogP contribution in [-0.4, -0.2) is 30.9 Å². The van der Waals surface area contributed by atoms with E-state index in [9.17, 15) is 9.90 Å². The fraction of sp³-hybridized carbons (Fsp3) is 0.222. The van der Waals surface area contributed by atoms with E-state index in [0.717, 1.165) is 6.42 Å². The van der Waals surface area contributed by atoms with E-state index in [1.165, 1.54) is 25.5 Å². The summed E-state index contributed by atoms with van der Waals surface area (Å²) in [6.45, 7) is 2.58. The predicted molar refractivity (Wildman–Crippen MR) is 97.0 cm³/mol. The van der Waals surface area contributed by atoms with Gasteiger partial charge in [-0.05, 0) is 48.4 Å². The molecular weight excluding hydrogens is 344 g/mol. The first-order valence-electron chi connectivity index (χ1n) is 7.68. The lowest BCUT2D eigenvalue weighted by molar-refractivity contribution is 0.0954. The summed E-state index contributed by atoms with van der Waals surface area (Å²) in [7, 11) is 1.52. The molecule has 0 aliphatic rings. The van der Waals surface area contributed by atoms with E-state index in [4.69, 9.17) is 21.1 Å². The van der Waals surface area contributed by atoms with Gasteiger partial charge in [0.2, 0.25) is 0 Å². The van der Waals surface area contributed by atoms with Crippen molar-refractivity contribution in [3.63, 3.8) is 0 Å². The molecule has 2 aromatic carbocycles. The zero-order chi connectivity index (χ0) is 18.2. The Morgan fingerprint density at radius 1 is 1.28 bits per heavy atom. The van der Waals surface area contributed by atoms with Crippen LogP contribution in [0.1, 0.15) is 29.3 Å². The largest absolute Gasteiger partial charge is 0.506 e. The Morgan fingerprint density at radius 2 is 2.08 bits per heavy atom. The number of halogens is 1. The molecule has 2 N–H and O–H groups in total. The van der Waals surface area contributed by atoms with Gasteiger partial charge in [0.15, 0.2) is 11.5 Å². The minimum atomic E-state index is -0.388. The Bertz CT molecular complexity index is 778. The molecular formula is C18H19ClN2O4. The van der Waals surface area contributed by atoms with Gasteiger partial charge in [0.05, 0.1) is 25.0 Å². The number of hydrogen-bond acceptors (Lipinski definition) is 5. The highest BCUT2D eigenvalue weighted by atomic mass is 35.5. The molecule has 0 saturated heterocycles. The third kappa shape index (κ3) is 5.12. The summed E-state index contributed by atoms with van der Waals surface area (Å²) in [5.74, 6) is 0.667. The van der Waals surface area contributed by atoms with Gasteiger partial charge >= 0.3 is 0 Å². The molecule has 132 valence electrons. The first-order valence-corrected chi connectivity index (χ1v) is 8.05. The van der Waals surface area contributed by atoms with Crippen molar-refractivity contribution in [2.45, 2.75) is 13.3 Å². The molecule has 0 atom stereocenters. The van der Waals surface area contributed by atoms with Crippen LogP contribution in [0.3, 0.4) is 0 Å². The second-order valence-electron chi connectivity index (χ2n) is 5.12. The summed E-state index contributed by atoms with van der Waals surface area (Å²) in [6, 6.07) is 9.52. The maximum atomic E-state index is 12.2. The highest BCUT2D eigenvalue weighted by Crippen LogP contribution is 2.28. The van der Waals surface area contributed by atoms with Gasteiger partial charge in [-0.3, -0.25) is 4.79 Å². The van der Waals surface area contributed by atoms with Crippen molar-refractivity contribution >= 4 is 23.7 Å². The van der Waals surface area contributed by atoms with Gasteiger partial charge in [-0.2, -0.15) is 5.10 Å². The average molecular weight is 363 g/mol. The van der Waals surface area contributed by atoms with Gasteiger partial charge in [-0.15, -0.1) is 0 Å². The molecule has 6 nitrogen and oxygen atoms in total. The summed E-state index contributed by atoms with van der Waals surface area (Å²) >= 11 is 5.81. The third-order valence-corrected chi connectivity index (χ3v) is 3.54. The first-order chi connectivity index (χ1) is 12.0. The van der Waals surface area contributed by atoms with Crippen LogP contribution in [0, 0.1) is 0 Å². The fourth-order valence-corrected chi connectivity index (χ4v) is 2.16. The third-order valence-electron chi connectivity index (χ3n) is 3.24. The van der Waals surface area contributed by atoms with Gasteiger partial charge in [0.1, 0.15) is 5.75 Å². The number of amides is 1. The minimum Gasteiger partial charge on any atom is -0.506 e. The van der Waals surface area contributed by atoms with Gasteiger partial charge in [-0.25, -0.2) is 5.43 Å². The fourth-order valence-electron chi connectivity index (χ4n) is 1.97. The van der Waals surface area contributed by atoms with E-state index < -0.39 is 0 Å². The van der Waals surface area contributed by atoms with Crippen molar-refractivity contribution in [3.8, 4) is 17.2 Å². The number of methoxy groups -OCH3 is 1. The number of hydrogen-bond donors (Lipinski definition) is 2. The molecule has 25 heavy (non-hydrogen) atoms. The normalized spacial score (nSPS) is 10.7. The summed E-state index contributed by atoms with van der Waals surface area (Å²) in [5.41, 5.74) is 3.46. The number of nitrogens with one attached hydrogen (secondary N) is 1. The van der Waals surface area contributed by atoms with E-state index in [-0.39, 0.29) is 16.7 Å². The van der Waals surface area contributed by atoms with Crippen LogP contribution in [0.4, 0.5) is 0 Å². The maximum Gasteiger partial charge on any atom is 0.271 e. The minimum absolute atomic E-state index is 0.0136. The van der Waals surface area contributed by atoms with E-state index in [1.54, 1.807) is 24.3 Å². The molecule has 2 aromatic rings. The number of nitrogens with zero attached hydrogens (tertiary/aromatic N) is 1. The molecule has 0 saturated carbocycles. The number of phenols is 1. The zero-order valence-electron chi connectivity index (χ0n) is 14.0. The van der Waals surface area contributed by atoms with Gasteiger partial charge in [0.25, 0.3) is 5.91 Å². The summed E-state index contributed by atoms with van der Waals surface area (Å²) < 4.78 is 10.8. The van der Waals surface area contributed by atoms with Crippen molar-refractivity contribution < 1.29 is 19.4 Å². The smallest absolute Gasteiger partial charge is 0.271 e. The molecule has 0 aromatic heterocycles. The monoisotopic (exact) mass is 362 g/mol. The Labute approximate surface area is 151 Å². The Hall–Kier alpha value is -2.73. The van der Waals surface area contributed by atoms with E-state index in [1.807, 2.05) is 6.92 Å². The number of rotatable bonds is 7. The number of aromatic hydroxyl groups is 1. The standard InChI is InChI=1S/C18H19ClN2O4/c1-3-8-25-16-7-5-13(10-17(16)24-2)18(23)21-20-11-12-4-6-15(22)14(19)9-12/h4-7,9-11,22H,3,8H2,1-2H3,(H,21,23)/b20-11+. The van der Waals surface area contributed by atoms with Crippen LogP contribution >= 0.6 is 11.6 Å². The number of benzene rings is 2. The predicted octanol–water partition coefficient (Wildman–Crippen LogP) is 3.61. The number of ether oxygens (including phenoxy) is 2. The Morgan fingerprint density at radius 3 is 2.76 bits per heavy atom. The lowest BCUT2D eigenvalue weighted by Gasteiger charge is -2.11. The molecule has 0 aliphatic heterocycles. The first kappa shape index (κ1) is 18.6. The molecule has 0 radical (unpaired) electrons. The maximum absolute atomic E-state index is 12.2. The van der Waals surface area contributed by atoms with Crippen LogP contribution in [0.5, 0.6) is 17.2 Å². The van der Waals surface area contributed by atoms with Crippen LogP contribution in [0.15, 0.2) is 41.5 Å². The van der Waals surface area contributed by atoms with E-state index in [0.29, 0.717) is 29.2 Å². The van der Waals surface area contributed by atoms with Gasteiger partial charge < -0.3 is 14.6 Å². The quantitative estimate of drug-likeness (QED) is 0.582. The van der Waals surface area contributed by atoms with Crippen LogP contribution in [0.25, 0.3) is 0 Å². The molecule has 0 spiro atoms. The van der Waals surface area contributed by atoms with Crippen molar-refractivity contribution in [2.75, 3.05) is 13.7 Å². The van der Waals surface area contributed by atoms with E-state index >= 15 is 0 Å². The molecule has 0 unspecified atom stereocenters. The molecule has 2 rings (SSSR count). The second kappa shape index (κ2) is 8.94. The lowest BCUT2D eigenvalue weighted by Crippen LogP contribution is -2.17. The lowest BCUT2D eigenvalue weighted by atomic mass is 10.2. The molecule has 0 heterocycles. The summed E-state index contributed by atoms with van der Waals surface area (Å²) in [5, 5.41) is 13.5. The molecule has 0 aliphatic carbocycles. The van der Waals surface area contributed by atoms with Crippen molar-refractivity contribution in [1.29, 1.82) is 0 Å². The van der Waals surface area contributed by atoms with Crippen LogP contribution in [-0.2, 0) is 0 Å². The summed E-state index contributed by atoms with van der Waals surface area (Å²) in [4.78, 5) is 12.2.